The van der Waals surface area contributed by atoms with E-state index in [0.29, 0.717) is 32.8 Å². The van der Waals surface area contributed by atoms with E-state index in [4.69, 9.17) is 9.47 Å². The number of rotatable bonds is 8. The highest BCUT2D eigenvalue weighted by atomic mass is 32.2. The average Bonchev–Trinajstić information content (AvgIpc) is 2.70. The van der Waals surface area contributed by atoms with Crippen molar-refractivity contribution >= 4 is 10.0 Å². The van der Waals surface area contributed by atoms with Crippen LogP contribution in [0.3, 0.4) is 0 Å². The number of ether oxygens (including phenoxy) is 2. The molecule has 1 aliphatic heterocycles. The summed E-state index contributed by atoms with van der Waals surface area (Å²) >= 11 is 0. The van der Waals surface area contributed by atoms with Crippen molar-refractivity contribution < 1.29 is 17.9 Å². The molecule has 6 nitrogen and oxygen atoms in total. The summed E-state index contributed by atoms with van der Waals surface area (Å²) in [6.45, 7) is 5.75. The summed E-state index contributed by atoms with van der Waals surface area (Å²) in [5.41, 5.74) is 1.95. The van der Waals surface area contributed by atoms with Gasteiger partial charge in [-0.3, -0.25) is 4.90 Å². The number of hydrogen-bond donors (Lipinski definition) is 0. The number of benzene rings is 2. The van der Waals surface area contributed by atoms with Crippen molar-refractivity contribution in [2.45, 2.75) is 19.2 Å². The molecular formula is C21H28N2O4S. The van der Waals surface area contributed by atoms with Crippen molar-refractivity contribution in [1.29, 1.82) is 0 Å². The van der Waals surface area contributed by atoms with Crippen LogP contribution in [0.2, 0.25) is 0 Å². The molecule has 0 amide bonds. The number of hydrogen-bond acceptors (Lipinski definition) is 5. The first kappa shape index (κ1) is 20.6. The Bertz CT molecular complexity index is 863. The Kier molecular flexibility index (Phi) is 6.93. The van der Waals surface area contributed by atoms with Gasteiger partial charge in [-0.2, -0.15) is 4.31 Å². The molecule has 1 saturated heterocycles. The van der Waals surface area contributed by atoms with Gasteiger partial charge < -0.3 is 9.47 Å². The molecule has 0 unspecified atom stereocenters. The first-order chi connectivity index (χ1) is 13.5. The lowest BCUT2D eigenvalue weighted by molar-refractivity contribution is 0.181. The normalized spacial score (nSPS) is 16.1. The Labute approximate surface area is 167 Å². The van der Waals surface area contributed by atoms with Crippen LogP contribution in [0.5, 0.6) is 11.5 Å². The van der Waals surface area contributed by atoms with E-state index in [-0.39, 0.29) is 5.75 Å². The topological polar surface area (TPSA) is 59.1 Å². The highest BCUT2D eigenvalue weighted by Crippen LogP contribution is 2.28. The first-order valence-corrected chi connectivity index (χ1v) is 11.2. The molecule has 0 bridgehead atoms. The highest BCUT2D eigenvalue weighted by molar-refractivity contribution is 7.88. The van der Waals surface area contributed by atoms with Gasteiger partial charge in [0.2, 0.25) is 10.0 Å². The predicted octanol–water partition coefficient (Wildman–Crippen LogP) is 2.74. The molecule has 2 aromatic rings. The Hall–Kier alpha value is -2.09. The van der Waals surface area contributed by atoms with Gasteiger partial charge >= 0.3 is 0 Å². The number of nitrogens with zero attached hydrogens (tertiary/aromatic N) is 2. The zero-order valence-electron chi connectivity index (χ0n) is 16.5. The Balaban J connectivity index is 1.57. The molecule has 1 aliphatic rings. The predicted molar refractivity (Wildman–Crippen MR) is 110 cm³/mol. The van der Waals surface area contributed by atoms with Crippen molar-refractivity contribution in [3.63, 3.8) is 0 Å². The van der Waals surface area contributed by atoms with Gasteiger partial charge in [0, 0.05) is 32.7 Å². The zero-order chi connectivity index (χ0) is 20.0. The lowest BCUT2D eigenvalue weighted by Crippen LogP contribution is -2.48. The Morgan fingerprint density at radius 1 is 0.929 bits per heavy atom. The fourth-order valence-electron chi connectivity index (χ4n) is 3.39. The van der Waals surface area contributed by atoms with Gasteiger partial charge in [0.05, 0.1) is 19.5 Å². The van der Waals surface area contributed by atoms with Gasteiger partial charge in [-0.05, 0) is 30.2 Å². The lowest BCUT2D eigenvalue weighted by Gasteiger charge is -2.34. The monoisotopic (exact) mass is 404 g/mol. The fourth-order valence-corrected chi connectivity index (χ4v) is 4.90. The molecule has 1 fully saturated rings. The smallest absolute Gasteiger partial charge is 0.218 e. The van der Waals surface area contributed by atoms with E-state index in [1.165, 1.54) is 0 Å². The molecular weight excluding hydrogens is 376 g/mol. The van der Waals surface area contributed by atoms with Gasteiger partial charge in [0.15, 0.2) is 11.5 Å². The molecule has 1 heterocycles. The molecule has 3 rings (SSSR count). The molecule has 0 aliphatic carbocycles. The molecule has 152 valence electrons. The molecule has 0 spiro atoms. The van der Waals surface area contributed by atoms with Crippen LogP contribution in [0.15, 0.2) is 48.5 Å². The standard InChI is InChI=1S/C21H28N2O4S/c1-3-27-20-10-9-19(15-21(20)26-2)16-22-11-13-23(14-12-22)28(24,25)17-18-7-5-4-6-8-18/h4-10,15H,3,11-14,16-17H2,1-2H3. The summed E-state index contributed by atoms with van der Waals surface area (Å²) in [6.07, 6.45) is 0. The largest absolute Gasteiger partial charge is 0.493 e. The number of piperazine rings is 1. The minimum absolute atomic E-state index is 0.0595. The van der Waals surface area contributed by atoms with Crippen LogP contribution >= 0.6 is 0 Å². The summed E-state index contributed by atoms with van der Waals surface area (Å²) in [7, 11) is -1.65. The van der Waals surface area contributed by atoms with Crippen molar-refractivity contribution in [2.24, 2.45) is 0 Å². The van der Waals surface area contributed by atoms with E-state index in [1.807, 2.05) is 55.5 Å². The van der Waals surface area contributed by atoms with Crippen LogP contribution in [0.4, 0.5) is 0 Å². The van der Waals surface area contributed by atoms with Crippen LogP contribution in [0, 0.1) is 0 Å². The summed E-state index contributed by atoms with van der Waals surface area (Å²) < 4.78 is 37.9. The van der Waals surface area contributed by atoms with Crippen molar-refractivity contribution in [3.05, 3.63) is 59.7 Å². The maximum absolute atomic E-state index is 12.7. The van der Waals surface area contributed by atoms with Crippen LogP contribution in [-0.4, -0.2) is 57.5 Å². The van der Waals surface area contributed by atoms with Crippen molar-refractivity contribution in [2.75, 3.05) is 39.9 Å². The third kappa shape index (κ3) is 5.25. The van der Waals surface area contributed by atoms with Gasteiger partial charge in [0.1, 0.15) is 0 Å². The Morgan fingerprint density at radius 2 is 1.64 bits per heavy atom. The van der Waals surface area contributed by atoms with E-state index in [1.54, 1.807) is 11.4 Å². The molecule has 0 atom stereocenters. The molecule has 0 N–H and O–H groups in total. The van der Waals surface area contributed by atoms with Gasteiger partial charge in [-0.1, -0.05) is 36.4 Å². The summed E-state index contributed by atoms with van der Waals surface area (Å²) in [6, 6.07) is 15.3. The van der Waals surface area contributed by atoms with E-state index in [9.17, 15) is 8.42 Å². The molecule has 0 radical (unpaired) electrons. The quantitative estimate of drug-likeness (QED) is 0.677. The lowest BCUT2D eigenvalue weighted by atomic mass is 10.1. The third-order valence-corrected chi connectivity index (χ3v) is 6.70. The number of methoxy groups -OCH3 is 1. The van der Waals surface area contributed by atoms with Crippen LogP contribution in [0.25, 0.3) is 0 Å². The van der Waals surface area contributed by atoms with E-state index < -0.39 is 10.0 Å². The van der Waals surface area contributed by atoms with Gasteiger partial charge in [0.25, 0.3) is 0 Å². The van der Waals surface area contributed by atoms with Crippen LogP contribution in [0.1, 0.15) is 18.1 Å². The fraction of sp³-hybridized carbons (Fsp3) is 0.429. The molecule has 7 heteroatoms. The minimum atomic E-state index is -3.29. The summed E-state index contributed by atoms with van der Waals surface area (Å²) in [4.78, 5) is 2.27. The maximum atomic E-state index is 12.7. The summed E-state index contributed by atoms with van der Waals surface area (Å²) in [5.74, 6) is 1.53. The second kappa shape index (κ2) is 9.41. The molecule has 2 aromatic carbocycles. The van der Waals surface area contributed by atoms with Crippen molar-refractivity contribution in [1.82, 2.24) is 9.21 Å². The van der Waals surface area contributed by atoms with E-state index in [2.05, 4.69) is 4.90 Å². The van der Waals surface area contributed by atoms with E-state index in [0.717, 1.165) is 29.2 Å². The number of sulfonamides is 1. The van der Waals surface area contributed by atoms with Crippen molar-refractivity contribution in [3.8, 4) is 11.5 Å². The molecule has 0 aromatic heterocycles. The maximum Gasteiger partial charge on any atom is 0.218 e. The molecule has 0 saturated carbocycles. The average molecular weight is 405 g/mol. The summed E-state index contributed by atoms with van der Waals surface area (Å²) in [5, 5.41) is 0. The first-order valence-electron chi connectivity index (χ1n) is 9.55. The third-order valence-electron chi connectivity index (χ3n) is 4.85. The Morgan fingerprint density at radius 3 is 2.29 bits per heavy atom. The molecule has 28 heavy (non-hydrogen) atoms. The van der Waals surface area contributed by atoms with Crippen LogP contribution < -0.4 is 9.47 Å². The highest BCUT2D eigenvalue weighted by Gasteiger charge is 2.27. The SMILES string of the molecule is CCOc1ccc(CN2CCN(S(=O)(=O)Cc3ccccc3)CC2)cc1OC. The second-order valence-electron chi connectivity index (χ2n) is 6.84. The minimum Gasteiger partial charge on any atom is -0.493 e. The van der Waals surface area contributed by atoms with E-state index >= 15 is 0 Å². The van der Waals surface area contributed by atoms with Crippen LogP contribution in [-0.2, 0) is 22.3 Å². The van der Waals surface area contributed by atoms with Gasteiger partial charge in [-0.25, -0.2) is 8.42 Å². The second-order valence-corrected chi connectivity index (χ2v) is 8.80. The van der Waals surface area contributed by atoms with Gasteiger partial charge in [-0.15, -0.1) is 0 Å². The zero-order valence-corrected chi connectivity index (χ0v) is 17.3.